The molecule has 1 amide bonds. The molecule has 3 N–H and O–H groups in total. The second-order valence-electron chi connectivity index (χ2n) is 9.20. The third kappa shape index (κ3) is 5.08. The van der Waals surface area contributed by atoms with Gasteiger partial charge in [0.2, 0.25) is 0 Å². The Kier molecular flexibility index (Phi) is 6.95. The van der Waals surface area contributed by atoms with Gasteiger partial charge in [0.15, 0.2) is 0 Å². The number of nitrogens with two attached hydrogens (primary N) is 1. The number of carbonyl (C=O) groups excluding carboxylic acids is 1. The van der Waals surface area contributed by atoms with Gasteiger partial charge in [-0.15, -0.1) is 0 Å². The van der Waals surface area contributed by atoms with Crippen molar-refractivity contribution in [1.82, 2.24) is 14.9 Å². The minimum absolute atomic E-state index is 0.0380. The van der Waals surface area contributed by atoms with Crippen LogP contribution in [0.2, 0.25) is 5.02 Å². The van der Waals surface area contributed by atoms with Crippen LogP contribution in [0, 0.1) is 17.7 Å². The summed E-state index contributed by atoms with van der Waals surface area (Å²) in [5, 5.41) is 3.42. The molecule has 1 aromatic heterocycles. The third-order valence-electron chi connectivity index (χ3n) is 6.62. The van der Waals surface area contributed by atoms with Gasteiger partial charge in [0.25, 0.3) is 5.91 Å². The van der Waals surface area contributed by atoms with Crippen LogP contribution in [0.3, 0.4) is 0 Å². The van der Waals surface area contributed by atoms with Gasteiger partial charge in [-0.05, 0) is 80.4 Å². The van der Waals surface area contributed by atoms with Crippen molar-refractivity contribution in [1.29, 1.82) is 0 Å². The molecule has 2 aliphatic rings. The fraction of sp³-hybridized carbons (Fsp3) is 0.370. The Bertz CT molecular complexity index is 1390. The number of likely N-dealkylation sites (tertiary alicyclic amines) is 1. The van der Waals surface area contributed by atoms with Crippen molar-refractivity contribution in [3.63, 3.8) is 0 Å². The lowest BCUT2D eigenvalue weighted by Crippen LogP contribution is -2.30. The fourth-order valence-corrected chi connectivity index (χ4v) is 4.80. The van der Waals surface area contributed by atoms with Crippen LogP contribution in [0.5, 0.6) is 6.01 Å². The monoisotopic (exact) mass is 507 g/mol. The summed E-state index contributed by atoms with van der Waals surface area (Å²) in [5.41, 5.74) is 10.0. The van der Waals surface area contributed by atoms with Gasteiger partial charge in [-0.3, -0.25) is 9.69 Å². The van der Waals surface area contributed by atoms with E-state index in [0.29, 0.717) is 40.1 Å². The van der Waals surface area contributed by atoms with Crippen LogP contribution in [0.4, 0.5) is 15.8 Å². The number of ether oxygens (including phenoxy) is 1. The molecule has 3 aromatic rings. The van der Waals surface area contributed by atoms with Crippen molar-refractivity contribution in [2.75, 3.05) is 37.8 Å². The Hall–Kier alpha value is -3.41. The van der Waals surface area contributed by atoms with E-state index in [0.717, 1.165) is 31.5 Å². The van der Waals surface area contributed by atoms with E-state index in [-0.39, 0.29) is 17.0 Å². The molecule has 5 rings (SSSR count). The summed E-state index contributed by atoms with van der Waals surface area (Å²) < 4.78 is 19.2. The van der Waals surface area contributed by atoms with E-state index in [1.54, 1.807) is 6.07 Å². The quantitative estimate of drug-likeness (QED) is 0.373. The van der Waals surface area contributed by atoms with Crippen LogP contribution in [-0.2, 0) is 4.79 Å². The smallest absolute Gasteiger partial charge is 0.317 e. The van der Waals surface area contributed by atoms with Crippen molar-refractivity contribution in [2.45, 2.75) is 38.0 Å². The average Bonchev–Trinajstić information content (AvgIpc) is 3.72. The number of aromatic nitrogens is 2. The number of hydrogen-bond acceptors (Lipinski definition) is 6. The molecule has 0 atom stereocenters. The minimum Gasteiger partial charge on any atom is -0.467 e. The molecule has 2 aromatic carbocycles. The predicted molar refractivity (Wildman–Crippen MR) is 140 cm³/mol. The number of methoxy groups -OCH3 is 1. The molecule has 36 heavy (non-hydrogen) atoms. The Balaban J connectivity index is 1.55. The number of fused-ring (bicyclic) bond motifs is 1. The van der Waals surface area contributed by atoms with Gasteiger partial charge in [-0.25, -0.2) is 4.39 Å². The lowest BCUT2D eigenvalue weighted by atomic mass is 9.98. The van der Waals surface area contributed by atoms with Crippen molar-refractivity contribution < 1.29 is 13.9 Å². The zero-order valence-corrected chi connectivity index (χ0v) is 20.8. The first kappa shape index (κ1) is 24.3. The Labute approximate surface area is 214 Å². The van der Waals surface area contributed by atoms with Crippen LogP contribution in [0.25, 0.3) is 22.2 Å². The van der Waals surface area contributed by atoms with E-state index in [4.69, 9.17) is 22.1 Å². The zero-order valence-electron chi connectivity index (χ0n) is 20.0. The zero-order chi connectivity index (χ0) is 25.2. The Morgan fingerprint density at radius 2 is 2.03 bits per heavy atom. The first-order valence-corrected chi connectivity index (χ1v) is 12.5. The topological polar surface area (TPSA) is 93.4 Å². The number of benzene rings is 2. The molecule has 0 unspecified atom stereocenters. The van der Waals surface area contributed by atoms with Crippen LogP contribution in [-0.4, -0.2) is 47.5 Å². The second kappa shape index (κ2) is 10.3. The molecule has 186 valence electrons. The first-order valence-electron chi connectivity index (χ1n) is 12.1. The van der Waals surface area contributed by atoms with Crippen LogP contribution in [0.1, 0.15) is 43.6 Å². The summed E-state index contributed by atoms with van der Waals surface area (Å²) in [6, 6.07) is 6.39. The van der Waals surface area contributed by atoms with Gasteiger partial charge in [0.05, 0.1) is 46.6 Å². The van der Waals surface area contributed by atoms with E-state index >= 15 is 0 Å². The molecular weight excluding hydrogens is 481 g/mol. The van der Waals surface area contributed by atoms with Crippen molar-refractivity contribution >= 4 is 39.8 Å². The molecule has 1 aliphatic carbocycles. The lowest BCUT2D eigenvalue weighted by molar-refractivity contribution is -0.111. The Morgan fingerprint density at radius 3 is 2.72 bits per heavy atom. The lowest BCUT2D eigenvalue weighted by Gasteiger charge is -2.23. The van der Waals surface area contributed by atoms with Crippen molar-refractivity contribution in [3.05, 3.63) is 40.7 Å². The standard InChI is InChI=1S/C27H27ClFN5O2/c1-36-27-31-21-15-18(16-7-8-16)26(32-22(35)6-5-13-34-11-3-2-4-12-34)24(30)23(21)25(33-27)17-9-10-20(29)19(28)14-17/h9-10,14-16H,2-4,7-8,11-13,30H2,1H3,(H,32,35). The van der Waals surface area contributed by atoms with Crippen LogP contribution in [0.15, 0.2) is 24.3 Å². The highest BCUT2D eigenvalue weighted by Crippen LogP contribution is 2.48. The van der Waals surface area contributed by atoms with Gasteiger partial charge in [-0.2, -0.15) is 9.97 Å². The summed E-state index contributed by atoms with van der Waals surface area (Å²) in [6.07, 6.45) is 5.58. The molecule has 2 heterocycles. The third-order valence-corrected chi connectivity index (χ3v) is 6.91. The van der Waals surface area contributed by atoms with Crippen molar-refractivity contribution in [3.8, 4) is 29.1 Å². The van der Waals surface area contributed by atoms with Gasteiger partial charge in [0.1, 0.15) is 5.82 Å². The number of nitrogens with zero attached hydrogens (tertiary/aromatic N) is 3. The number of nitrogen functional groups attached to an aromatic ring is 1. The molecule has 1 saturated carbocycles. The van der Waals surface area contributed by atoms with E-state index in [2.05, 4.69) is 32.0 Å². The van der Waals surface area contributed by atoms with Crippen LogP contribution < -0.4 is 15.8 Å². The molecule has 1 aliphatic heterocycles. The van der Waals surface area contributed by atoms with Gasteiger partial charge < -0.3 is 15.8 Å². The average molecular weight is 508 g/mol. The van der Waals surface area contributed by atoms with Crippen molar-refractivity contribution in [2.24, 2.45) is 0 Å². The molecule has 7 nitrogen and oxygen atoms in total. The number of hydrogen-bond donors (Lipinski definition) is 2. The summed E-state index contributed by atoms with van der Waals surface area (Å²) in [5.74, 6) is 5.03. The van der Waals surface area contributed by atoms with Gasteiger partial charge in [0, 0.05) is 5.56 Å². The number of amides is 1. The normalized spacial score (nSPS) is 15.9. The first-order chi connectivity index (χ1) is 17.4. The van der Waals surface area contributed by atoms with E-state index in [1.165, 1.54) is 38.5 Å². The summed E-state index contributed by atoms with van der Waals surface area (Å²) in [7, 11) is 1.48. The molecule has 9 heteroatoms. The maximum Gasteiger partial charge on any atom is 0.317 e. The number of piperidine rings is 1. The fourth-order valence-electron chi connectivity index (χ4n) is 4.62. The highest BCUT2D eigenvalue weighted by Gasteiger charge is 2.30. The van der Waals surface area contributed by atoms with E-state index < -0.39 is 11.7 Å². The van der Waals surface area contributed by atoms with E-state index in [1.807, 2.05) is 6.07 Å². The number of halogens is 2. The number of rotatable bonds is 5. The molecule has 0 spiro atoms. The largest absolute Gasteiger partial charge is 0.467 e. The SMILES string of the molecule is COc1nc(-c2ccc(F)c(Cl)c2)c2c(N)c(NC(=O)C#CCN3CCCCC3)c(C3CC3)cc2n1. The summed E-state index contributed by atoms with van der Waals surface area (Å²) in [4.78, 5) is 24.1. The molecule has 2 fully saturated rings. The number of nitrogens with one attached hydrogen (secondary N) is 1. The molecule has 0 radical (unpaired) electrons. The predicted octanol–water partition coefficient (Wildman–Crippen LogP) is 4.99. The number of carbonyl (C=O) groups is 1. The maximum atomic E-state index is 13.9. The number of anilines is 2. The van der Waals surface area contributed by atoms with Gasteiger partial charge in [-0.1, -0.05) is 23.9 Å². The highest BCUT2D eigenvalue weighted by atomic mass is 35.5. The Morgan fingerprint density at radius 1 is 1.25 bits per heavy atom. The van der Waals surface area contributed by atoms with Crippen LogP contribution >= 0.6 is 11.6 Å². The molecule has 1 saturated heterocycles. The summed E-state index contributed by atoms with van der Waals surface area (Å²) >= 11 is 6.05. The summed E-state index contributed by atoms with van der Waals surface area (Å²) in [6.45, 7) is 2.60. The minimum atomic E-state index is -0.536. The highest BCUT2D eigenvalue weighted by molar-refractivity contribution is 6.31. The maximum absolute atomic E-state index is 13.9. The molecular formula is C27H27ClFN5O2. The second-order valence-corrected chi connectivity index (χ2v) is 9.61. The van der Waals surface area contributed by atoms with Gasteiger partial charge >= 0.3 is 6.01 Å². The molecule has 0 bridgehead atoms. The van der Waals surface area contributed by atoms with E-state index in [9.17, 15) is 9.18 Å².